The average Bonchev–Trinajstić information content (AvgIpc) is 2.38. The number of carbonyl (C=O) groups is 1. The van der Waals surface area contributed by atoms with Crippen LogP contribution in [0.15, 0.2) is 24.3 Å². The molecule has 1 amide bonds. The van der Waals surface area contributed by atoms with Gasteiger partial charge in [-0.3, -0.25) is 4.79 Å². The molecule has 0 saturated heterocycles. The summed E-state index contributed by atoms with van der Waals surface area (Å²) in [7, 11) is 1.79. The predicted molar refractivity (Wildman–Crippen MR) is 81.3 cm³/mol. The number of hydrogen-bond donors (Lipinski definition) is 1. The predicted octanol–water partition coefficient (Wildman–Crippen LogP) is 2.46. The summed E-state index contributed by atoms with van der Waals surface area (Å²) >= 11 is 1.63. The third kappa shape index (κ3) is 6.64. The Hall–Kier alpha value is -1.00. The molecule has 0 radical (unpaired) electrons. The Balaban J connectivity index is 2.24. The van der Waals surface area contributed by atoms with Crippen molar-refractivity contribution in [2.45, 2.75) is 32.1 Å². The zero-order valence-electron chi connectivity index (χ0n) is 11.9. The molecular formula is C15H23NO2S. The van der Waals surface area contributed by atoms with Gasteiger partial charge >= 0.3 is 0 Å². The number of thioether (sulfide) groups is 1. The lowest BCUT2D eigenvalue weighted by Gasteiger charge is -2.17. The van der Waals surface area contributed by atoms with Crippen LogP contribution in [-0.2, 0) is 10.5 Å². The molecule has 1 aromatic carbocycles. The summed E-state index contributed by atoms with van der Waals surface area (Å²) in [6.45, 7) is 4.42. The molecule has 3 nitrogen and oxygen atoms in total. The van der Waals surface area contributed by atoms with E-state index in [9.17, 15) is 9.90 Å². The van der Waals surface area contributed by atoms with E-state index in [2.05, 4.69) is 31.2 Å². The third-order valence-electron chi connectivity index (χ3n) is 2.92. The van der Waals surface area contributed by atoms with Crippen LogP contribution in [0, 0.1) is 6.92 Å². The summed E-state index contributed by atoms with van der Waals surface area (Å²) in [5, 5.41) is 9.19. The maximum Gasteiger partial charge on any atom is 0.232 e. The lowest BCUT2D eigenvalue weighted by molar-refractivity contribution is -0.127. The molecule has 0 heterocycles. The summed E-state index contributed by atoms with van der Waals surface area (Å²) < 4.78 is 0. The normalized spacial score (nSPS) is 12.2. The van der Waals surface area contributed by atoms with E-state index in [1.165, 1.54) is 11.1 Å². The molecule has 1 rings (SSSR count). The molecular weight excluding hydrogens is 258 g/mol. The van der Waals surface area contributed by atoms with Gasteiger partial charge in [0.1, 0.15) is 0 Å². The highest BCUT2D eigenvalue weighted by Gasteiger charge is 2.09. The molecule has 1 aromatic rings. The van der Waals surface area contributed by atoms with Gasteiger partial charge in [-0.2, -0.15) is 0 Å². The fourth-order valence-corrected chi connectivity index (χ4v) is 2.48. The van der Waals surface area contributed by atoms with Gasteiger partial charge in [0.15, 0.2) is 0 Å². The first-order valence-electron chi connectivity index (χ1n) is 6.54. The van der Waals surface area contributed by atoms with Gasteiger partial charge in [-0.25, -0.2) is 0 Å². The summed E-state index contributed by atoms with van der Waals surface area (Å²) in [6.07, 6.45) is 0.278. The fourth-order valence-electron chi connectivity index (χ4n) is 1.56. The Kier molecular flexibility index (Phi) is 6.95. The number of aliphatic hydroxyl groups is 1. The summed E-state index contributed by atoms with van der Waals surface area (Å²) in [6, 6.07) is 8.38. The zero-order valence-corrected chi connectivity index (χ0v) is 12.7. The van der Waals surface area contributed by atoms with E-state index >= 15 is 0 Å². The van der Waals surface area contributed by atoms with Gasteiger partial charge in [-0.05, 0) is 25.8 Å². The Labute approximate surface area is 120 Å². The van der Waals surface area contributed by atoms with Crippen molar-refractivity contribution in [1.82, 2.24) is 4.90 Å². The van der Waals surface area contributed by atoms with Crippen LogP contribution in [0.1, 0.15) is 24.5 Å². The van der Waals surface area contributed by atoms with Crippen molar-refractivity contribution in [2.24, 2.45) is 0 Å². The molecule has 0 fully saturated rings. The van der Waals surface area contributed by atoms with Gasteiger partial charge in [-0.15, -0.1) is 11.8 Å². The quantitative estimate of drug-likeness (QED) is 0.834. The van der Waals surface area contributed by atoms with Gasteiger partial charge in [0.05, 0.1) is 11.9 Å². The fraction of sp³-hybridized carbons (Fsp3) is 0.533. The number of benzene rings is 1. The van der Waals surface area contributed by atoms with Gasteiger partial charge in [0.2, 0.25) is 5.91 Å². The third-order valence-corrected chi connectivity index (χ3v) is 3.91. The first-order chi connectivity index (χ1) is 8.99. The van der Waals surface area contributed by atoms with Gasteiger partial charge in [0.25, 0.3) is 0 Å². The van der Waals surface area contributed by atoms with E-state index in [0.717, 1.165) is 5.75 Å². The van der Waals surface area contributed by atoms with Crippen LogP contribution in [0.25, 0.3) is 0 Å². The lowest BCUT2D eigenvalue weighted by Crippen LogP contribution is -2.30. The molecule has 4 heteroatoms. The standard InChI is InChI=1S/C15H23NO2S/c1-12-4-6-14(7-5-12)10-19-11-15(18)16(3)9-8-13(2)17/h4-7,13,17H,8-11H2,1-3H3. The average molecular weight is 281 g/mol. The van der Waals surface area contributed by atoms with Crippen LogP contribution in [0.5, 0.6) is 0 Å². The molecule has 1 N–H and O–H groups in total. The van der Waals surface area contributed by atoms with Crippen LogP contribution < -0.4 is 0 Å². The molecule has 0 saturated carbocycles. The highest BCUT2D eigenvalue weighted by molar-refractivity contribution is 7.99. The maximum atomic E-state index is 11.8. The van der Waals surface area contributed by atoms with Crippen molar-refractivity contribution in [3.63, 3.8) is 0 Å². The molecule has 0 aromatic heterocycles. The largest absolute Gasteiger partial charge is 0.393 e. The van der Waals surface area contributed by atoms with Crippen LogP contribution >= 0.6 is 11.8 Å². The number of aryl methyl sites for hydroxylation is 1. The Morgan fingerprint density at radius 2 is 2.00 bits per heavy atom. The minimum absolute atomic E-state index is 0.123. The number of amides is 1. The highest BCUT2D eigenvalue weighted by Crippen LogP contribution is 2.13. The first kappa shape index (κ1) is 16.1. The molecule has 1 atom stereocenters. The zero-order chi connectivity index (χ0) is 14.3. The van der Waals surface area contributed by atoms with E-state index in [1.54, 1.807) is 30.6 Å². The number of nitrogens with zero attached hydrogens (tertiary/aromatic N) is 1. The smallest absolute Gasteiger partial charge is 0.232 e. The van der Waals surface area contributed by atoms with Gasteiger partial charge < -0.3 is 10.0 Å². The minimum Gasteiger partial charge on any atom is -0.393 e. The van der Waals surface area contributed by atoms with Crippen molar-refractivity contribution in [3.8, 4) is 0 Å². The van der Waals surface area contributed by atoms with Crippen molar-refractivity contribution < 1.29 is 9.90 Å². The molecule has 0 spiro atoms. The molecule has 0 aliphatic heterocycles. The second-order valence-corrected chi connectivity index (χ2v) is 5.92. The van der Waals surface area contributed by atoms with Crippen LogP contribution in [0.2, 0.25) is 0 Å². The Morgan fingerprint density at radius 1 is 1.37 bits per heavy atom. The summed E-state index contributed by atoms with van der Waals surface area (Å²) in [4.78, 5) is 13.5. The summed E-state index contributed by atoms with van der Waals surface area (Å²) in [5.74, 6) is 1.47. The van der Waals surface area contributed by atoms with Crippen LogP contribution in [-0.4, -0.2) is 41.4 Å². The van der Waals surface area contributed by atoms with Crippen molar-refractivity contribution >= 4 is 17.7 Å². The molecule has 0 aliphatic rings. The van der Waals surface area contributed by atoms with Gasteiger partial charge in [-0.1, -0.05) is 29.8 Å². The van der Waals surface area contributed by atoms with E-state index in [-0.39, 0.29) is 12.0 Å². The second-order valence-electron chi connectivity index (χ2n) is 4.93. The molecule has 0 aliphatic carbocycles. The topological polar surface area (TPSA) is 40.5 Å². The van der Waals surface area contributed by atoms with Crippen molar-refractivity contribution in [1.29, 1.82) is 0 Å². The first-order valence-corrected chi connectivity index (χ1v) is 7.70. The van der Waals surface area contributed by atoms with Crippen LogP contribution in [0.4, 0.5) is 0 Å². The number of hydrogen-bond acceptors (Lipinski definition) is 3. The molecule has 1 unspecified atom stereocenters. The van der Waals surface area contributed by atoms with Crippen molar-refractivity contribution in [3.05, 3.63) is 35.4 Å². The maximum absolute atomic E-state index is 11.8. The summed E-state index contributed by atoms with van der Waals surface area (Å²) in [5.41, 5.74) is 2.50. The number of rotatable bonds is 7. The number of aliphatic hydroxyl groups excluding tert-OH is 1. The highest BCUT2D eigenvalue weighted by atomic mass is 32.2. The second kappa shape index (κ2) is 8.23. The van der Waals surface area contributed by atoms with E-state index < -0.39 is 0 Å². The van der Waals surface area contributed by atoms with E-state index in [0.29, 0.717) is 18.7 Å². The minimum atomic E-state index is -0.351. The SMILES string of the molecule is Cc1ccc(CSCC(=O)N(C)CCC(C)O)cc1. The molecule has 106 valence electrons. The Bertz CT molecular complexity index is 390. The molecule has 0 bridgehead atoms. The Morgan fingerprint density at radius 3 is 2.58 bits per heavy atom. The van der Waals surface area contributed by atoms with Crippen LogP contribution in [0.3, 0.4) is 0 Å². The number of carbonyl (C=O) groups excluding carboxylic acids is 1. The lowest BCUT2D eigenvalue weighted by atomic mass is 10.2. The molecule has 19 heavy (non-hydrogen) atoms. The van der Waals surface area contributed by atoms with E-state index in [1.807, 2.05) is 0 Å². The monoisotopic (exact) mass is 281 g/mol. The van der Waals surface area contributed by atoms with Crippen molar-refractivity contribution in [2.75, 3.05) is 19.3 Å². The van der Waals surface area contributed by atoms with E-state index in [4.69, 9.17) is 0 Å². The van der Waals surface area contributed by atoms with Gasteiger partial charge in [0, 0.05) is 19.3 Å².